The topological polar surface area (TPSA) is 61.9 Å². The zero-order chi connectivity index (χ0) is 14.8. The highest BCUT2D eigenvalue weighted by Gasteiger charge is 2.35. The number of methoxy groups -OCH3 is 1. The molecule has 0 bridgehead atoms. The van der Waals surface area contributed by atoms with Crippen molar-refractivity contribution in [3.8, 4) is 0 Å². The summed E-state index contributed by atoms with van der Waals surface area (Å²) < 4.78 is 44.6. The Morgan fingerprint density at radius 1 is 1.50 bits per heavy atom. The highest BCUT2D eigenvalue weighted by atomic mass is 19.4. The molecule has 9 heteroatoms. The van der Waals surface area contributed by atoms with E-state index in [1.165, 1.54) is 18.0 Å². The maximum absolute atomic E-state index is 12.5. The number of carbonyl (C=O) groups is 1. The minimum absolute atomic E-state index is 0.0489. The number of hydrogen-bond acceptors (Lipinski definition) is 4. The molecule has 2 aromatic heterocycles. The smallest absolute Gasteiger partial charge is 0.434 e. The minimum Gasteiger partial charge on any atom is -0.467 e. The van der Waals surface area contributed by atoms with Crippen LogP contribution in [-0.4, -0.2) is 32.4 Å². The summed E-state index contributed by atoms with van der Waals surface area (Å²) in [4.78, 5) is 15.0. The van der Waals surface area contributed by atoms with Crippen LogP contribution in [0.1, 0.15) is 11.7 Å². The average molecular weight is 288 g/mol. The lowest BCUT2D eigenvalue weighted by Gasteiger charge is -2.15. The van der Waals surface area contributed by atoms with Crippen molar-refractivity contribution >= 4 is 5.97 Å². The molecule has 0 saturated heterocycles. The van der Waals surface area contributed by atoms with E-state index >= 15 is 0 Å². The molecular weight excluding hydrogens is 277 g/mol. The van der Waals surface area contributed by atoms with Crippen LogP contribution in [0.3, 0.4) is 0 Å². The van der Waals surface area contributed by atoms with Gasteiger partial charge in [0.15, 0.2) is 11.7 Å². The number of imidazole rings is 1. The summed E-state index contributed by atoms with van der Waals surface area (Å²) in [7, 11) is 1.17. The number of carbonyl (C=O) groups excluding carboxylic acids is 1. The number of esters is 1. The molecule has 2 heterocycles. The molecular formula is C11H11F3N4O2. The van der Waals surface area contributed by atoms with Gasteiger partial charge < -0.3 is 9.30 Å². The second-order valence-electron chi connectivity index (χ2n) is 3.97. The minimum atomic E-state index is -4.56. The molecule has 0 radical (unpaired) electrons. The van der Waals surface area contributed by atoms with Crippen LogP contribution in [0, 0.1) is 0 Å². The first kappa shape index (κ1) is 14.1. The van der Waals surface area contributed by atoms with Crippen molar-refractivity contribution in [2.75, 3.05) is 7.11 Å². The van der Waals surface area contributed by atoms with Gasteiger partial charge in [0.2, 0.25) is 0 Å². The number of halogens is 3. The van der Waals surface area contributed by atoms with E-state index in [9.17, 15) is 18.0 Å². The first-order valence-corrected chi connectivity index (χ1v) is 5.57. The molecule has 0 unspecified atom stereocenters. The second-order valence-corrected chi connectivity index (χ2v) is 3.97. The van der Waals surface area contributed by atoms with E-state index in [0.29, 0.717) is 0 Å². The Morgan fingerprint density at radius 3 is 2.75 bits per heavy atom. The van der Waals surface area contributed by atoms with Crippen molar-refractivity contribution < 1.29 is 22.7 Å². The van der Waals surface area contributed by atoms with Gasteiger partial charge in [0.05, 0.1) is 20.0 Å². The summed E-state index contributed by atoms with van der Waals surface area (Å²) >= 11 is 0. The van der Waals surface area contributed by atoms with E-state index in [1.807, 2.05) is 0 Å². The van der Waals surface area contributed by atoms with Gasteiger partial charge in [-0.3, -0.25) is 4.68 Å². The Kier molecular flexibility index (Phi) is 3.77. The van der Waals surface area contributed by atoms with Crippen molar-refractivity contribution in [3.63, 3.8) is 0 Å². The van der Waals surface area contributed by atoms with E-state index in [0.717, 1.165) is 17.1 Å². The zero-order valence-corrected chi connectivity index (χ0v) is 10.4. The molecule has 6 nitrogen and oxygen atoms in total. The molecule has 0 aliphatic rings. The second kappa shape index (κ2) is 5.35. The van der Waals surface area contributed by atoms with E-state index in [2.05, 4.69) is 14.8 Å². The third kappa shape index (κ3) is 2.98. The molecule has 1 atom stereocenters. The van der Waals surface area contributed by atoms with Crippen LogP contribution in [0.5, 0.6) is 0 Å². The van der Waals surface area contributed by atoms with Gasteiger partial charge in [0.25, 0.3) is 0 Å². The highest BCUT2D eigenvalue weighted by molar-refractivity contribution is 5.74. The van der Waals surface area contributed by atoms with Crippen molar-refractivity contribution in [2.45, 2.75) is 18.8 Å². The fraction of sp³-hybridized carbons (Fsp3) is 0.364. The fourth-order valence-electron chi connectivity index (χ4n) is 1.67. The summed E-state index contributed by atoms with van der Waals surface area (Å²) in [6.45, 7) is 0.0489. The number of hydrogen-bond donors (Lipinski definition) is 0. The Hall–Kier alpha value is -2.32. The lowest BCUT2D eigenvalue weighted by atomic mass is 10.3. The maximum atomic E-state index is 12.5. The van der Waals surface area contributed by atoms with Gasteiger partial charge in [-0.05, 0) is 6.07 Å². The zero-order valence-electron chi connectivity index (χ0n) is 10.4. The number of aromatic nitrogens is 4. The van der Waals surface area contributed by atoms with Gasteiger partial charge in [0.1, 0.15) is 0 Å². The molecule has 0 amide bonds. The van der Waals surface area contributed by atoms with Gasteiger partial charge in [0, 0.05) is 18.6 Å². The summed E-state index contributed by atoms with van der Waals surface area (Å²) in [5.74, 6) is -0.674. The molecule has 0 saturated carbocycles. The average Bonchev–Trinajstić information content (AvgIpc) is 3.05. The van der Waals surface area contributed by atoms with Gasteiger partial charge in [-0.25, -0.2) is 9.78 Å². The van der Waals surface area contributed by atoms with Crippen LogP contribution in [-0.2, 0) is 22.3 Å². The molecule has 20 heavy (non-hydrogen) atoms. The van der Waals surface area contributed by atoms with Crippen LogP contribution in [0.15, 0.2) is 31.0 Å². The predicted molar refractivity (Wildman–Crippen MR) is 60.5 cm³/mol. The highest BCUT2D eigenvalue weighted by Crippen LogP contribution is 2.28. The third-order valence-electron chi connectivity index (χ3n) is 2.64. The van der Waals surface area contributed by atoms with Crippen molar-refractivity contribution in [1.29, 1.82) is 0 Å². The van der Waals surface area contributed by atoms with Crippen LogP contribution in [0.25, 0.3) is 0 Å². The van der Waals surface area contributed by atoms with Crippen molar-refractivity contribution in [1.82, 2.24) is 19.3 Å². The Balaban J connectivity index is 2.27. The van der Waals surface area contributed by atoms with E-state index in [-0.39, 0.29) is 6.54 Å². The molecule has 0 aliphatic carbocycles. The monoisotopic (exact) mass is 288 g/mol. The summed E-state index contributed by atoms with van der Waals surface area (Å²) in [6, 6.07) is 0.673. The van der Waals surface area contributed by atoms with Crippen LogP contribution < -0.4 is 0 Å². The van der Waals surface area contributed by atoms with Crippen molar-refractivity contribution in [3.05, 3.63) is 36.7 Å². The SMILES string of the molecule is COC(=O)[C@H](Cn1cccn1)n1cnc(C(F)(F)F)c1. The molecule has 0 aliphatic heterocycles. The largest absolute Gasteiger partial charge is 0.467 e. The molecule has 0 aromatic carbocycles. The summed E-state index contributed by atoms with van der Waals surface area (Å²) in [5, 5.41) is 3.91. The van der Waals surface area contributed by atoms with E-state index < -0.39 is 23.9 Å². The van der Waals surface area contributed by atoms with E-state index in [4.69, 9.17) is 0 Å². The van der Waals surface area contributed by atoms with Gasteiger partial charge >= 0.3 is 12.1 Å². The van der Waals surface area contributed by atoms with Crippen LogP contribution >= 0.6 is 0 Å². The molecule has 2 rings (SSSR count). The molecule has 0 fully saturated rings. The number of nitrogens with zero attached hydrogens (tertiary/aromatic N) is 4. The lowest BCUT2D eigenvalue weighted by molar-refractivity contribution is -0.146. The van der Waals surface area contributed by atoms with Gasteiger partial charge in [-0.2, -0.15) is 18.3 Å². The predicted octanol–water partition coefficient (Wildman–Crippen LogP) is 1.51. The summed E-state index contributed by atoms with van der Waals surface area (Å²) in [5.41, 5.74) is -1.06. The van der Waals surface area contributed by atoms with Gasteiger partial charge in [-0.15, -0.1) is 0 Å². The molecule has 2 aromatic rings. The quantitative estimate of drug-likeness (QED) is 0.800. The Bertz CT molecular complexity index is 577. The third-order valence-corrected chi connectivity index (χ3v) is 2.64. The Morgan fingerprint density at radius 2 is 2.25 bits per heavy atom. The first-order valence-electron chi connectivity index (χ1n) is 5.57. The number of rotatable bonds is 4. The van der Waals surface area contributed by atoms with Gasteiger partial charge in [-0.1, -0.05) is 0 Å². The fourth-order valence-corrected chi connectivity index (χ4v) is 1.67. The Labute approximate surface area is 111 Å². The number of ether oxygens (including phenoxy) is 1. The normalized spacial score (nSPS) is 13.2. The molecule has 108 valence electrons. The number of alkyl halides is 3. The maximum Gasteiger partial charge on any atom is 0.434 e. The van der Waals surface area contributed by atoms with Crippen LogP contribution in [0.4, 0.5) is 13.2 Å². The van der Waals surface area contributed by atoms with Crippen molar-refractivity contribution in [2.24, 2.45) is 0 Å². The summed E-state index contributed by atoms with van der Waals surface area (Å²) in [6.07, 6.45) is 0.261. The molecule has 0 spiro atoms. The lowest BCUT2D eigenvalue weighted by Crippen LogP contribution is -2.25. The standard InChI is InChI=1S/C11H11F3N4O2/c1-20-10(19)8(5-18-4-2-3-16-18)17-6-9(15-7-17)11(12,13)14/h2-4,6-8H,5H2,1H3/t8-/m0/s1. The first-order chi connectivity index (χ1) is 9.41. The van der Waals surface area contributed by atoms with E-state index in [1.54, 1.807) is 12.3 Å². The van der Waals surface area contributed by atoms with Crippen LogP contribution in [0.2, 0.25) is 0 Å². The molecule has 0 N–H and O–H groups in total.